The first-order valence-corrected chi connectivity index (χ1v) is 8.38. The normalized spacial score (nSPS) is 10.8. The van der Waals surface area contributed by atoms with Crippen LogP contribution in [0, 0.1) is 6.92 Å². The van der Waals surface area contributed by atoms with E-state index >= 15 is 0 Å². The number of carbonyl (C=O) groups is 1. The number of fused-ring (bicyclic) bond motifs is 1. The number of hydrogen-bond acceptors (Lipinski definition) is 4. The van der Waals surface area contributed by atoms with Gasteiger partial charge in [0.2, 0.25) is 0 Å². The minimum atomic E-state index is -1.07. The molecule has 3 rings (SSSR count). The second kappa shape index (κ2) is 7.11. The first-order valence-electron chi connectivity index (χ1n) is 7.59. The van der Waals surface area contributed by atoms with Gasteiger partial charge in [0.25, 0.3) is 0 Å². The zero-order valence-electron chi connectivity index (χ0n) is 13.4. The van der Waals surface area contributed by atoms with Crippen molar-refractivity contribution in [2.24, 2.45) is 0 Å². The van der Waals surface area contributed by atoms with Crippen LogP contribution in [-0.4, -0.2) is 11.1 Å². The quantitative estimate of drug-likeness (QED) is 0.650. The van der Waals surface area contributed by atoms with Gasteiger partial charge in [-0.3, -0.25) is 4.79 Å². The van der Waals surface area contributed by atoms with Crippen LogP contribution in [0.15, 0.2) is 56.1 Å². The second-order valence-electron chi connectivity index (χ2n) is 5.64. The fourth-order valence-corrected chi connectivity index (χ4v) is 3.06. The van der Waals surface area contributed by atoms with E-state index in [4.69, 9.17) is 14.3 Å². The van der Waals surface area contributed by atoms with E-state index in [2.05, 4.69) is 15.9 Å². The van der Waals surface area contributed by atoms with E-state index in [1.165, 1.54) is 0 Å². The summed E-state index contributed by atoms with van der Waals surface area (Å²) < 4.78 is 12.0. The summed E-state index contributed by atoms with van der Waals surface area (Å²) in [6.07, 6.45) is -0.356. The van der Waals surface area contributed by atoms with Gasteiger partial charge >= 0.3 is 11.6 Å². The fourth-order valence-electron chi connectivity index (χ4n) is 2.61. The maximum atomic E-state index is 12.0. The van der Waals surface area contributed by atoms with Crippen molar-refractivity contribution < 1.29 is 19.1 Å². The first kappa shape index (κ1) is 17.2. The summed E-state index contributed by atoms with van der Waals surface area (Å²) in [5, 5.41) is 9.63. The Morgan fingerprint density at radius 3 is 2.76 bits per heavy atom. The van der Waals surface area contributed by atoms with E-state index in [0.717, 1.165) is 10.0 Å². The lowest BCUT2D eigenvalue weighted by atomic mass is 10.0. The molecule has 2 aromatic carbocycles. The Balaban J connectivity index is 1.90. The van der Waals surface area contributed by atoms with Crippen LogP contribution in [0.4, 0.5) is 0 Å². The Labute approximate surface area is 152 Å². The van der Waals surface area contributed by atoms with Gasteiger partial charge in [-0.15, -0.1) is 0 Å². The summed E-state index contributed by atoms with van der Waals surface area (Å²) in [4.78, 5) is 22.9. The molecule has 6 heteroatoms. The number of carboxylic acids is 1. The number of ether oxygens (including phenoxy) is 1. The standard InChI is InChI=1S/C19H15BrO5/c1-11-15-6-5-14(24-10-12-3-2-4-13(20)7-12)8-17(15)25-19(23)16(11)9-18(21)22/h2-8H,9-10H2,1H3,(H,21,22). The lowest BCUT2D eigenvalue weighted by Crippen LogP contribution is -2.14. The summed E-state index contributed by atoms with van der Waals surface area (Å²) in [6.45, 7) is 2.10. The second-order valence-corrected chi connectivity index (χ2v) is 6.56. The van der Waals surface area contributed by atoms with Gasteiger partial charge < -0.3 is 14.3 Å². The molecule has 0 aliphatic carbocycles. The highest BCUT2D eigenvalue weighted by molar-refractivity contribution is 9.10. The van der Waals surface area contributed by atoms with Crippen molar-refractivity contribution in [1.29, 1.82) is 0 Å². The Morgan fingerprint density at radius 1 is 1.24 bits per heavy atom. The van der Waals surface area contributed by atoms with Gasteiger partial charge in [-0.05, 0) is 42.3 Å². The minimum Gasteiger partial charge on any atom is -0.489 e. The largest absolute Gasteiger partial charge is 0.489 e. The SMILES string of the molecule is Cc1c(CC(=O)O)c(=O)oc2cc(OCc3cccc(Br)c3)ccc12. The topological polar surface area (TPSA) is 76.7 Å². The molecule has 25 heavy (non-hydrogen) atoms. The van der Waals surface area contributed by atoms with Crippen LogP contribution in [0.3, 0.4) is 0 Å². The molecule has 1 aromatic heterocycles. The van der Waals surface area contributed by atoms with E-state index in [-0.39, 0.29) is 12.0 Å². The highest BCUT2D eigenvalue weighted by Gasteiger charge is 2.14. The van der Waals surface area contributed by atoms with Crippen LogP contribution < -0.4 is 10.4 Å². The van der Waals surface area contributed by atoms with Gasteiger partial charge in [0.1, 0.15) is 17.9 Å². The number of benzene rings is 2. The molecular weight excluding hydrogens is 388 g/mol. The maximum absolute atomic E-state index is 12.0. The number of carboxylic acid groups (broad SMARTS) is 1. The molecule has 0 spiro atoms. The maximum Gasteiger partial charge on any atom is 0.340 e. The lowest BCUT2D eigenvalue weighted by molar-refractivity contribution is -0.136. The number of aryl methyl sites for hydroxylation is 1. The molecule has 5 nitrogen and oxygen atoms in total. The Morgan fingerprint density at radius 2 is 2.04 bits per heavy atom. The molecule has 128 valence electrons. The molecule has 0 radical (unpaired) electrons. The summed E-state index contributed by atoms with van der Waals surface area (Å²) >= 11 is 3.41. The third-order valence-electron chi connectivity index (χ3n) is 3.88. The van der Waals surface area contributed by atoms with Crippen LogP contribution >= 0.6 is 15.9 Å². The molecule has 0 aliphatic rings. The van der Waals surface area contributed by atoms with Crippen molar-refractivity contribution in [3.8, 4) is 5.75 Å². The third-order valence-corrected chi connectivity index (χ3v) is 4.37. The van der Waals surface area contributed by atoms with E-state index < -0.39 is 11.6 Å². The van der Waals surface area contributed by atoms with Crippen molar-refractivity contribution in [2.75, 3.05) is 0 Å². The van der Waals surface area contributed by atoms with Crippen LogP contribution in [-0.2, 0) is 17.8 Å². The van der Waals surface area contributed by atoms with E-state index in [1.54, 1.807) is 25.1 Å². The number of rotatable bonds is 5. The number of hydrogen-bond donors (Lipinski definition) is 1. The van der Waals surface area contributed by atoms with Crippen LogP contribution in [0.2, 0.25) is 0 Å². The average Bonchev–Trinajstić information content (AvgIpc) is 2.56. The monoisotopic (exact) mass is 402 g/mol. The van der Waals surface area contributed by atoms with Crippen molar-refractivity contribution in [3.63, 3.8) is 0 Å². The van der Waals surface area contributed by atoms with E-state index in [0.29, 0.717) is 28.9 Å². The Kier molecular flexibility index (Phi) is 4.90. The smallest absolute Gasteiger partial charge is 0.340 e. The zero-order chi connectivity index (χ0) is 18.0. The summed E-state index contributed by atoms with van der Waals surface area (Å²) in [5.74, 6) is -0.496. The molecule has 0 fully saturated rings. The third kappa shape index (κ3) is 3.91. The predicted octanol–water partition coefficient (Wildman–Crippen LogP) is 4.07. The van der Waals surface area contributed by atoms with Gasteiger partial charge in [-0.25, -0.2) is 4.79 Å². The van der Waals surface area contributed by atoms with E-state index in [9.17, 15) is 9.59 Å². The van der Waals surface area contributed by atoms with Crippen molar-refractivity contribution >= 4 is 32.9 Å². The highest BCUT2D eigenvalue weighted by Crippen LogP contribution is 2.25. The molecule has 0 saturated heterocycles. The predicted molar refractivity (Wildman–Crippen MR) is 97.0 cm³/mol. The van der Waals surface area contributed by atoms with E-state index in [1.807, 2.05) is 24.3 Å². The molecule has 0 atom stereocenters. The van der Waals surface area contributed by atoms with Gasteiger partial charge in [0.05, 0.1) is 12.0 Å². The molecule has 1 heterocycles. The molecule has 1 N–H and O–H groups in total. The number of halogens is 1. The Bertz CT molecular complexity index is 1010. The zero-order valence-corrected chi connectivity index (χ0v) is 15.0. The van der Waals surface area contributed by atoms with Crippen LogP contribution in [0.5, 0.6) is 5.75 Å². The summed E-state index contributed by atoms with van der Waals surface area (Å²) in [7, 11) is 0. The molecule has 3 aromatic rings. The highest BCUT2D eigenvalue weighted by atomic mass is 79.9. The van der Waals surface area contributed by atoms with Gasteiger partial charge in [-0.2, -0.15) is 0 Å². The van der Waals surface area contributed by atoms with Gasteiger partial charge in [0.15, 0.2) is 0 Å². The lowest BCUT2D eigenvalue weighted by Gasteiger charge is -2.09. The van der Waals surface area contributed by atoms with Crippen LogP contribution in [0.1, 0.15) is 16.7 Å². The Hall–Kier alpha value is -2.60. The number of aliphatic carboxylic acids is 1. The molecular formula is C19H15BrO5. The molecule has 0 amide bonds. The first-order chi connectivity index (χ1) is 11.9. The fraction of sp³-hybridized carbons (Fsp3) is 0.158. The van der Waals surface area contributed by atoms with Crippen molar-refractivity contribution in [3.05, 3.63) is 74.0 Å². The van der Waals surface area contributed by atoms with Crippen LogP contribution in [0.25, 0.3) is 11.0 Å². The summed E-state index contributed by atoms with van der Waals surface area (Å²) in [5.41, 5.74) is 1.54. The minimum absolute atomic E-state index is 0.169. The molecule has 0 aliphatic heterocycles. The van der Waals surface area contributed by atoms with Gasteiger partial charge in [0, 0.05) is 15.9 Å². The van der Waals surface area contributed by atoms with Crippen molar-refractivity contribution in [2.45, 2.75) is 20.0 Å². The molecule has 0 saturated carbocycles. The molecule has 0 bridgehead atoms. The summed E-state index contributed by atoms with van der Waals surface area (Å²) in [6, 6.07) is 13.0. The molecule has 0 unspecified atom stereocenters. The van der Waals surface area contributed by atoms with Gasteiger partial charge in [-0.1, -0.05) is 28.1 Å². The van der Waals surface area contributed by atoms with Crippen molar-refractivity contribution in [1.82, 2.24) is 0 Å². The average molecular weight is 403 g/mol.